The molecule has 1 heterocycles. The van der Waals surface area contributed by atoms with E-state index in [1.807, 2.05) is 0 Å². The molecule has 0 aromatic rings. The van der Waals surface area contributed by atoms with E-state index >= 15 is 0 Å². The van der Waals surface area contributed by atoms with Gasteiger partial charge in [-0.3, -0.25) is 14.5 Å². The number of hydrogen-bond acceptors (Lipinski definition) is 5. The fourth-order valence-corrected chi connectivity index (χ4v) is 1.69. The molecule has 1 aliphatic rings. The molecular weight excluding hydrogens is 238 g/mol. The number of aliphatic hydroxyl groups is 1. The van der Waals surface area contributed by atoms with E-state index < -0.39 is 5.97 Å². The van der Waals surface area contributed by atoms with Crippen molar-refractivity contribution >= 4 is 11.9 Å². The Hall–Kier alpha value is -1.56. The average molecular weight is 257 g/mol. The van der Waals surface area contributed by atoms with Gasteiger partial charge in [-0.15, -0.1) is 0 Å². The van der Waals surface area contributed by atoms with Crippen LogP contribution >= 0.6 is 0 Å². The van der Waals surface area contributed by atoms with Crippen LogP contribution in [-0.4, -0.2) is 41.6 Å². The van der Waals surface area contributed by atoms with E-state index in [0.29, 0.717) is 13.0 Å². The first-order valence-corrected chi connectivity index (χ1v) is 6.06. The smallest absolute Gasteiger partial charge is 0.309 e. The zero-order valence-corrected chi connectivity index (χ0v) is 10.6. The van der Waals surface area contributed by atoms with Crippen LogP contribution in [0.25, 0.3) is 0 Å². The van der Waals surface area contributed by atoms with E-state index in [0.717, 1.165) is 19.3 Å². The van der Waals surface area contributed by atoms with Gasteiger partial charge in [0, 0.05) is 19.9 Å². The fraction of sp³-hybridized carbons (Fsp3) is 0.667. The SMILES string of the molecule is CC(=O)OC(=COCCO)N1CCCCCC1=O. The molecule has 1 saturated heterocycles. The number of ether oxygens (including phenoxy) is 2. The summed E-state index contributed by atoms with van der Waals surface area (Å²) in [6.07, 6.45) is 4.34. The summed E-state index contributed by atoms with van der Waals surface area (Å²) >= 11 is 0. The third-order valence-electron chi connectivity index (χ3n) is 2.48. The van der Waals surface area contributed by atoms with Gasteiger partial charge >= 0.3 is 5.97 Å². The second-order valence-corrected chi connectivity index (χ2v) is 4.00. The van der Waals surface area contributed by atoms with Crippen molar-refractivity contribution in [3.8, 4) is 0 Å². The van der Waals surface area contributed by atoms with Crippen LogP contribution in [0.2, 0.25) is 0 Å². The van der Waals surface area contributed by atoms with Gasteiger partial charge in [-0.05, 0) is 12.8 Å². The Morgan fingerprint density at radius 1 is 1.44 bits per heavy atom. The lowest BCUT2D eigenvalue weighted by atomic mass is 10.2. The van der Waals surface area contributed by atoms with Gasteiger partial charge in [0.05, 0.1) is 6.61 Å². The number of likely N-dealkylation sites (tertiary alicyclic amines) is 1. The second-order valence-electron chi connectivity index (χ2n) is 4.00. The number of carbonyl (C=O) groups excluding carboxylic acids is 2. The summed E-state index contributed by atoms with van der Waals surface area (Å²) in [5, 5.41) is 8.63. The maximum atomic E-state index is 11.9. The molecule has 6 nitrogen and oxygen atoms in total. The molecule has 1 aliphatic heterocycles. The normalized spacial score (nSPS) is 17.3. The predicted molar refractivity (Wildman–Crippen MR) is 63.1 cm³/mol. The largest absolute Gasteiger partial charge is 0.493 e. The number of esters is 1. The Morgan fingerprint density at radius 3 is 2.89 bits per heavy atom. The topological polar surface area (TPSA) is 76.1 Å². The van der Waals surface area contributed by atoms with Crippen molar-refractivity contribution in [1.82, 2.24) is 4.90 Å². The minimum Gasteiger partial charge on any atom is -0.493 e. The number of aliphatic hydroxyl groups excluding tert-OH is 1. The Labute approximate surface area is 106 Å². The minimum absolute atomic E-state index is 0.0763. The second kappa shape index (κ2) is 7.71. The van der Waals surface area contributed by atoms with E-state index in [-0.39, 0.29) is 25.0 Å². The molecule has 0 saturated carbocycles. The lowest BCUT2D eigenvalue weighted by molar-refractivity contribution is -0.143. The standard InChI is InChI=1S/C12H19NO5/c1-10(15)18-12(9-17-8-7-14)13-6-4-2-3-5-11(13)16/h9,14H,2-8H2,1H3. The molecule has 1 N–H and O–H groups in total. The van der Waals surface area contributed by atoms with Crippen molar-refractivity contribution in [2.24, 2.45) is 0 Å². The molecule has 0 aromatic heterocycles. The van der Waals surface area contributed by atoms with Crippen molar-refractivity contribution in [3.63, 3.8) is 0 Å². The van der Waals surface area contributed by atoms with Crippen molar-refractivity contribution in [1.29, 1.82) is 0 Å². The third-order valence-corrected chi connectivity index (χ3v) is 2.48. The highest BCUT2D eigenvalue weighted by Gasteiger charge is 2.22. The molecule has 0 radical (unpaired) electrons. The highest BCUT2D eigenvalue weighted by molar-refractivity contribution is 5.78. The molecule has 0 unspecified atom stereocenters. The Balaban J connectivity index is 2.75. The molecule has 18 heavy (non-hydrogen) atoms. The van der Waals surface area contributed by atoms with Crippen LogP contribution in [-0.2, 0) is 19.1 Å². The van der Waals surface area contributed by atoms with Gasteiger partial charge in [-0.1, -0.05) is 6.42 Å². The summed E-state index contributed by atoms with van der Waals surface area (Å²) in [5.41, 5.74) is 0. The number of carbonyl (C=O) groups is 2. The molecule has 102 valence electrons. The van der Waals surface area contributed by atoms with Crippen molar-refractivity contribution in [3.05, 3.63) is 12.1 Å². The molecule has 1 rings (SSSR count). The Bertz CT molecular complexity index is 326. The molecule has 0 bridgehead atoms. The van der Waals surface area contributed by atoms with Crippen LogP contribution in [0.1, 0.15) is 32.6 Å². The van der Waals surface area contributed by atoms with Crippen LogP contribution in [0.3, 0.4) is 0 Å². The van der Waals surface area contributed by atoms with Crippen molar-refractivity contribution in [2.75, 3.05) is 19.8 Å². The van der Waals surface area contributed by atoms with E-state index in [1.165, 1.54) is 18.1 Å². The lowest BCUT2D eigenvalue weighted by Crippen LogP contribution is -2.31. The highest BCUT2D eigenvalue weighted by Crippen LogP contribution is 2.17. The van der Waals surface area contributed by atoms with E-state index in [9.17, 15) is 9.59 Å². The summed E-state index contributed by atoms with van der Waals surface area (Å²) in [4.78, 5) is 24.3. The number of amides is 1. The first-order chi connectivity index (χ1) is 8.65. The summed E-state index contributed by atoms with van der Waals surface area (Å²) in [6.45, 7) is 1.73. The van der Waals surface area contributed by atoms with Gasteiger partial charge in [0.2, 0.25) is 11.8 Å². The number of hydrogen-bond donors (Lipinski definition) is 1. The van der Waals surface area contributed by atoms with Gasteiger partial charge in [0.25, 0.3) is 0 Å². The van der Waals surface area contributed by atoms with Gasteiger partial charge in [0.15, 0.2) is 0 Å². The van der Waals surface area contributed by atoms with Gasteiger partial charge in [-0.2, -0.15) is 0 Å². The summed E-state index contributed by atoms with van der Waals surface area (Å²) in [7, 11) is 0. The fourth-order valence-electron chi connectivity index (χ4n) is 1.69. The first-order valence-electron chi connectivity index (χ1n) is 6.06. The lowest BCUT2D eigenvalue weighted by Gasteiger charge is -2.21. The van der Waals surface area contributed by atoms with Crippen molar-refractivity contribution < 1.29 is 24.2 Å². The molecule has 0 aromatic carbocycles. The Kier molecular flexibility index (Phi) is 6.21. The summed E-state index contributed by atoms with van der Waals surface area (Å²) in [5.74, 6) is -0.485. The monoisotopic (exact) mass is 257 g/mol. The number of rotatable bonds is 5. The Morgan fingerprint density at radius 2 is 2.22 bits per heavy atom. The van der Waals surface area contributed by atoms with E-state index in [1.54, 1.807) is 0 Å². The van der Waals surface area contributed by atoms with Crippen LogP contribution < -0.4 is 0 Å². The quantitative estimate of drug-likeness (QED) is 0.447. The van der Waals surface area contributed by atoms with Gasteiger partial charge in [-0.25, -0.2) is 0 Å². The predicted octanol–water partition coefficient (Wildman–Crippen LogP) is 0.760. The van der Waals surface area contributed by atoms with Crippen LogP contribution in [0.5, 0.6) is 0 Å². The molecule has 0 atom stereocenters. The maximum Gasteiger partial charge on any atom is 0.309 e. The third kappa shape index (κ3) is 4.75. The van der Waals surface area contributed by atoms with Crippen LogP contribution in [0, 0.1) is 0 Å². The molecular formula is C12H19NO5. The summed E-state index contributed by atoms with van der Waals surface area (Å²) < 4.78 is 9.99. The maximum absolute atomic E-state index is 11.9. The number of nitrogens with zero attached hydrogens (tertiary/aromatic N) is 1. The van der Waals surface area contributed by atoms with Crippen molar-refractivity contribution in [2.45, 2.75) is 32.6 Å². The van der Waals surface area contributed by atoms with Crippen LogP contribution in [0.15, 0.2) is 12.1 Å². The first kappa shape index (κ1) is 14.5. The molecule has 1 fully saturated rings. The molecule has 1 amide bonds. The summed E-state index contributed by atoms with van der Waals surface area (Å²) in [6, 6.07) is 0. The van der Waals surface area contributed by atoms with E-state index in [4.69, 9.17) is 14.6 Å². The average Bonchev–Trinajstić information content (AvgIpc) is 2.52. The minimum atomic E-state index is -0.508. The van der Waals surface area contributed by atoms with E-state index in [2.05, 4.69) is 0 Å². The molecule has 0 aliphatic carbocycles. The van der Waals surface area contributed by atoms with Gasteiger partial charge in [0.1, 0.15) is 12.9 Å². The van der Waals surface area contributed by atoms with Gasteiger partial charge < -0.3 is 14.6 Å². The highest BCUT2D eigenvalue weighted by atomic mass is 16.6. The zero-order valence-electron chi connectivity index (χ0n) is 10.6. The molecule has 6 heteroatoms. The molecule has 0 spiro atoms. The van der Waals surface area contributed by atoms with Crippen LogP contribution in [0.4, 0.5) is 0 Å². The zero-order chi connectivity index (χ0) is 13.4.